The van der Waals surface area contributed by atoms with E-state index in [1.165, 1.54) is 0 Å². The number of hydrogen-bond donors (Lipinski definition) is 1. The van der Waals surface area contributed by atoms with Crippen LogP contribution >= 0.6 is 11.3 Å². The summed E-state index contributed by atoms with van der Waals surface area (Å²) in [4.78, 5) is 45.0. The molecule has 0 saturated carbocycles. The van der Waals surface area contributed by atoms with Crippen LogP contribution in [0, 0.1) is 41.5 Å². The molecule has 2 heterocycles. The smallest absolute Gasteiger partial charge is 0.349 e. The lowest BCUT2D eigenvalue weighted by Crippen LogP contribution is -2.16. The van der Waals surface area contributed by atoms with Gasteiger partial charge in [-0.3, -0.25) is 9.59 Å². The Bertz CT molecular complexity index is 1190. The van der Waals surface area contributed by atoms with Gasteiger partial charge in [-0.2, -0.15) is 0 Å². The number of esters is 1. The van der Waals surface area contributed by atoms with Gasteiger partial charge in [0.1, 0.15) is 15.5 Å². The minimum absolute atomic E-state index is 0.248. The molecule has 0 unspecified atom stereocenters. The van der Waals surface area contributed by atoms with Crippen molar-refractivity contribution >= 4 is 33.3 Å². The Balaban J connectivity index is 1.84. The van der Waals surface area contributed by atoms with Gasteiger partial charge in [-0.25, -0.2) is 9.78 Å². The maximum Gasteiger partial charge on any atom is 0.349 e. The highest BCUT2D eigenvalue weighted by atomic mass is 32.1. The molecule has 7 heteroatoms. The fraction of sp³-hybridized carbons (Fsp3) is 0.333. The average molecular weight is 398 g/mol. The number of benzene rings is 1. The zero-order chi connectivity index (χ0) is 20.7. The Morgan fingerprint density at radius 2 is 1.71 bits per heavy atom. The number of carbonyl (C=O) groups is 2. The van der Waals surface area contributed by atoms with E-state index in [-0.39, 0.29) is 17.9 Å². The van der Waals surface area contributed by atoms with Crippen LogP contribution < -0.4 is 5.56 Å². The Kier molecular flexibility index (Phi) is 5.21. The summed E-state index contributed by atoms with van der Waals surface area (Å²) >= 11 is 1.10. The third-order valence-electron chi connectivity index (χ3n) is 5.22. The number of ketones is 1. The largest absolute Gasteiger partial charge is 0.453 e. The van der Waals surface area contributed by atoms with Gasteiger partial charge in [-0.05, 0) is 75.4 Å². The van der Waals surface area contributed by atoms with Crippen molar-refractivity contribution < 1.29 is 14.3 Å². The van der Waals surface area contributed by atoms with Crippen molar-refractivity contribution in [3.8, 4) is 0 Å². The summed E-state index contributed by atoms with van der Waals surface area (Å²) in [6, 6.07) is 1.84. The van der Waals surface area contributed by atoms with Gasteiger partial charge >= 0.3 is 5.97 Å². The first kappa shape index (κ1) is 19.9. The van der Waals surface area contributed by atoms with E-state index in [1.807, 2.05) is 33.8 Å². The molecule has 3 aromatic rings. The van der Waals surface area contributed by atoms with Crippen LogP contribution in [0.1, 0.15) is 53.7 Å². The molecule has 146 valence electrons. The minimum atomic E-state index is -0.621. The second-order valence-electron chi connectivity index (χ2n) is 7.00. The Labute approximate surface area is 166 Å². The third-order valence-corrected chi connectivity index (χ3v) is 6.39. The normalized spacial score (nSPS) is 11.1. The van der Waals surface area contributed by atoms with Gasteiger partial charge in [0.2, 0.25) is 5.78 Å². The summed E-state index contributed by atoms with van der Waals surface area (Å²) in [5.41, 5.74) is 4.94. The van der Waals surface area contributed by atoms with E-state index in [1.54, 1.807) is 13.8 Å². The fourth-order valence-electron chi connectivity index (χ4n) is 3.22. The SMILES string of the molecule is Cc1nc2sc(C(=O)OCC(=O)c3cc(C)c(C)c(C)c3C)c(C)c2c(=O)[nH]1. The lowest BCUT2D eigenvalue weighted by atomic mass is 9.93. The van der Waals surface area contributed by atoms with Crippen LogP contribution in [0.25, 0.3) is 10.2 Å². The number of Topliss-reactive ketones (excluding diaryl/α,β-unsaturated/α-hetero) is 1. The molecule has 0 bridgehead atoms. The molecule has 0 amide bonds. The zero-order valence-electron chi connectivity index (χ0n) is 16.8. The van der Waals surface area contributed by atoms with Crippen molar-refractivity contribution in [1.29, 1.82) is 0 Å². The van der Waals surface area contributed by atoms with E-state index in [4.69, 9.17) is 4.74 Å². The number of ether oxygens (including phenoxy) is 1. The highest BCUT2D eigenvalue weighted by molar-refractivity contribution is 7.20. The highest BCUT2D eigenvalue weighted by Gasteiger charge is 2.22. The first-order valence-corrected chi connectivity index (χ1v) is 9.71. The van der Waals surface area contributed by atoms with E-state index < -0.39 is 5.97 Å². The van der Waals surface area contributed by atoms with Crippen molar-refractivity contribution in [2.75, 3.05) is 6.61 Å². The number of aryl methyl sites for hydroxylation is 3. The van der Waals surface area contributed by atoms with Crippen molar-refractivity contribution in [3.05, 3.63) is 60.5 Å². The Morgan fingerprint density at radius 1 is 1.04 bits per heavy atom. The number of nitrogens with one attached hydrogen (secondary N) is 1. The molecule has 28 heavy (non-hydrogen) atoms. The van der Waals surface area contributed by atoms with E-state index >= 15 is 0 Å². The average Bonchev–Trinajstić information content (AvgIpc) is 2.97. The summed E-state index contributed by atoms with van der Waals surface area (Å²) in [5, 5.41) is 0.384. The van der Waals surface area contributed by atoms with Crippen molar-refractivity contribution in [2.45, 2.75) is 41.5 Å². The Morgan fingerprint density at radius 3 is 2.39 bits per heavy atom. The first-order chi connectivity index (χ1) is 13.1. The van der Waals surface area contributed by atoms with E-state index in [0.29, 0.717) is 32.0 Å². The molecule has 2 aromatic heterocycles. The summed E-state index contributed by atoms with van der Waals surface area (Å²) in [7, 11) is 0. The van der Waals surface area contributed by atoms with Gasteiger partial charge in [0.05, 0.1) is 5.39 Å². The highest BCUT2D eigenvalue weighted by Crippen LogP contribution is 2.28. The second kappa shape index (κ2) is 7.31. The molecule has 0 saturated heterocycles. The van der Waals surface area contributed by atoms with Crippen LogP contribution in [0.4, 0.5) is 0 Å². The summed E-state index contributed by atoms with van der Waals surface area (Å²) in [6.07, 6.45) is 0. The molecule has 1 aromatic carbocycles. The zero-order valence-corrected chi connectivity index (χ0v) is 17.6. The fourth-order valence-corrected chi connectivity index (χ4v) is 4.34. The number of aromatic nitrogens is 2. The van der Waals surface area contributed by atoms with Crippen LogP contribution in [-0.2, 0) is 4.74 Å². The van der Waals surface area contributed by atoms with Gasteiger partial charge in [0, 0.05) is 5.56 Å². The molecule has 0 aliphatic heterocycles. The Hall–Kier alpha value is -2.80. The van der Waals surface area contributed by atoms with Crippen molar-refractivity contribution in [2.24, 2.45) is 0 Å². The predicted molar refractivity (Wildman–Crippen MR) is 110 cm³/mol. The van der Waals surface area contributed by atoms with Crippen molar-refractivity contribution in [1.82, 2.24) is 9.97 Å². The lowest BCUT2D eigenvalue weighted by molar-refractivity contribution is 0.0479. The number of hydrogen-bond acceptors (Lipinski definition) is 6. The van der Waals surface area contributed by atoms with Gasteiger partial charge in [-0.1, -0.05) is 0 Å². The number of fused-ring (bicyclic) bond motifs is 1. The maximum atomic E-state index is 12.6. The first-order valence-electron chi connectivity index (χ1n) is 8.89. The van der Waals surface area contributed by atoms with Crippen LogP contribution in [0.2, 0.25) is 0 Å². The number of nitrogens with zero attached hydrogens (tertiary/aromatic N) is 1. The molecule has 0 aliphatic rings. The quantitative estimate of drug-likeness (QED) is 0.532. The van der Waals surface area contributed by atoms with Crippen LogP contribution in [0.15, 0.2) is 10.9 Å². The second-order valence-corrected chi connectivity index (χ2v) is 8.00. The monoisotopic (exact) mass is 398 g/mol. The summed E-state index contributed by atoms with van der Waals surface area (Å²) in [6.45, 7) is 10.9. The van der Waals surface area contributed by atoms with Gasteiger partial charge in [0.15, 0.2) is 6.61 Å². The molecule has 3 rings (SSSR count). The van der Waals surface area contributed by atoms with Gasteiger partial charge in [0.25, 0.3) is 5.56 Å². The van der Waals surface area contributed by atoms with Gasteiger partial charge in [-0.15, -0.1) is 11.3 Å². The number of rotatable bonds is 4. The van der Waals surface area contributed by atoms with Crippen LogP contribution in [0.5, 0.6) is 0 Å². The predicted octanol–water partition coefficient (Wildman–Crippen LogP) is 3.87. The minimum Gasteiger partial charge on any atom is -0.453 e. The van der Waals surface area contributed by atoms with Crippen LogP contribution in [-0.4, -0.2) is 28.3 Å². The summed E-state index contributed by atoms with van der Waals surface area (Å²) in [5.74, 6) is -0.388. The van der Waals surface area contributed by atoms with E-state index in [0.717, 1.165) is 33.6 Å². The van der Waals surface area contributed by atoms with E-state index in [9.17, 15) is 14.4 Å². The molecule has 6 nitrogen and oxygen atoms in total. The van der Waals surface area contributed by atoms with Crippen molar-refractivity contribution in [3.63, 3.8) is 0 Å². The number of aromatic amines is 1. The molecular formula is C21H22N2O4S. The molecule has 0 spiro atoms. The molecule has 0 aliphatic carbocycles. The number of carbonyl (C=O) groups excluding carboxylic acids is 2. The standard InChI is InChI=1S/C21H22N2O4S/c1-9-7-15(12(4)11(3)10(9)2)16(24)8-27-21(26)18-13(5)17-19(25)22-14(6)23-20(17)28-18/h7H,8H2,1-6H3,(H,22,23,25). The summed E-state index contributed by atoms with van der Waals surface area (Å²) < 4.78 is 5.27. The molecule has 0 atom stereocenters. The number of H-pyrrole nitrogens is 1. The lowest BCUT2D eigenvalue weighted by Gasteiger charge is -2.13. The molecule has 1 N–H and O–H groups in total. The van der Waals surface area contributed by atoms with Crippen LogP contribution in [0.3, 0.4) is 0 Å². The molecule has 0 radical (unpaired) electrons. The molecular weight excluding hydrogens is 376 g/mol. The topological polar surface area (TPSA) is 89.1 Å². The number of thiophene rings is 1. The third kappa shape index (κ3) is 3.38. The molecule has 0 fully saturated rings. The maximum absolute atomic E-state index is 12.6. The van der Waals surface area contributed by atoms with E-state index in [2.05, 4.69) is 9.97 Å². The van der Waals surface area contributed by atoms with Gasteiger partial charge < -0.3 is 9.72 Å².